The molecule has 0 amide bonds. The lowest BCUT2D eigenvalue weighted by atomic mass is 10.1. The molecular weight excluding hydrogens is 522 g/mol. The van der Waals surface area contributed by atoms with Gasteiger partial charge >= 0.3 is 0 Å². The molecule has 1 aliphatic carbocycles. The van der Waals surface area contributed by atoms with E-state index in [2.05, 4.69) is 18.2 Å². The van der Waals surface area contributed by atoms with Crippen LogP contribution in [0.5, 0.6) is 11.5 Å². The van der Waals surface area contributed by atoms with Gasteiger partial charge in [0.25, 0.3) is 5.56 Å². The van der Waals surface area contributed by atoms with E-state index < -0.39 is 0 Å². The summed E-state index contributed by atoms with van der Waals surface area (Å²) >= 11 is 1.43. The zero-order valence-corrected chi connectivity index (χ0v) is 23.6. The second-order valence-electron chi connectivity index (χ2n) is 9.51. The molecule has 9 heteroatoms. The molecular formula is C31H29N5O3S. The Labute approximate surface area is 235 Å². The first-order valence-electron chi connectivity index (χ1n) is 13.0. The van der Waals surface area contributed by atoms with E-state index in [-0.39, 0.29) is 5.56 Å². The first-order chi connectivity index (χ1) is 19.5. The van der Waals surface area contributed by atoms with Crippen LogP contribution >= 0.6 is 11.3 Å². The number of fused-ring (bicyclic) bond motifs is 1. The van der Waals surface area contributed by atoms with Gasteiger partial charge in [-0.1, -0.05) is 42.5 Å². The van der Waals surface area contributed by atoms with Gasteiger partial charge in [-0.15, -0.1) is 11.3 Å². The minimum Gasteiger partial charge on any atom is -0.497 e. The summed E-state index contributed by atoms with van der Waals surface area (Å²) in [7, 11) is 5.15. The van der Waals surface area contributed by atoms with Gasteiger partial charge in [0.15, 0.2) is 5.69 Å². The molecule has 2 heterocycles. The van der Waals surface area contributed by atoms with Crippen molar-refractivity contribution in [2.24, 2.45) is 17.1 Å². The number of methoxy groups -OCH3 is 2. The molecule has 202 valence electrons. The Morgan fingerprint density at radius 2 is 1.68 bits per heavy atom. The fourth-order valence-corrected chi connectivity index (χ4v) is 5.91. The molecule has 0 radical (unpaired) electrons. The van der Waals surface area contributed by atoms with Gasteiger partial charge in [0.2, 0.25) is 4.80 Å². The fourth-order valence-electron chi connectivity index (χ4n) is 5.08. The zero-order valence-electron chi connectivity index (χ0n) is 22.8. The molecule has 3 aromatic carbocycles. The molecule has 0 spiro atoms. The van der Waals surface area contributed by atoms with E-state index in [1.165, 1.54) is 16.9 Å². The maximum absolute atomic E-state index is 13.7. The molecule has 2 aromatic heterocycles. The van der Waals surface area contributed by atoms with Crippen molar-refractivity contribution in [1.29, 1.82) is 0 Å². The summed E-state index contributed by atoms with van der Waals surface area (Å²) in [6.07, 6.45) is 1.76. The summed E-state index contributed by atoms with van der Waals surface area (Å²) in [6, 6.07) is 23.6. The number of benzene rings is 3. The van der Waals surface area contributed by atoms with Gasteiger partial charge in [-0.05, 0) is 55.7 Å². The third-order valence-corrected chi connectivity index (χ3v) is 8.10. The minimum atomic E-state index is -0.189. The Balaban J connectivity index is 1.60. The summed E-state index contributed by atoms with van der Waals surface area (Å²) in [6.45, 7) is 1.91. The molecule has 0 N–H and O–H groups in total. The maximum Gasteiger partial charge on any atom is 0.297 e. The lowest BCUT2D eigenvalue weighted by Gasteiger charge is -2.11. The summed E-state index contributed by atoms with van der Waals surface area (Å²) in [5.74, 6) is 1.39. The van der Waals surface area contributed by atoms with Crippen LogP contribution in [0.2, 0.25) is 0 Å². The van der Waals surface area contributed by atoms with Crippen molar-refractivity contribution in [1.82, 2.24) is 14.0 Å². The highest BCUT2D eigenvalue weighted by molar-refractivity contribution is 7.07. The Kier molecular flexibility index (Phi) is 6.73. The fraction of sp³-hybridized carbons (Fsp3) is 0.194. The topological polar surface area (TPSA) is 75.0 Å². The molecule has 0 saturated carbocycles. The van der Waals surface area contributed by atoms with E-state index in [1.807, 2.05) is 83.3 Å². The van der Waals surface area contributed by atoms with Crippen molar-refractivity contribution in [3.8, 4) is 28.4 Å². The number of hydrogen-bond acceptors (Lipinski definition) is 6. The van der Waals surface area contributed by atoms with Gasteiger partial charge in [0.1, 0.15) is 11.5 Å². The molecule has 5 aromatic rings. The number of aryl methyl sites for hydroxylation is 1. The van der Waals surface area contributed by atoms with Crippen molar-refractivity contribution in [3.05, 3.63) is 110 Å². The zero-order chi connectivity index (χ0) is 27.8. The van der Waals surface area contributed by atoms with Crippen LogP contribution in [0.1, 0.15) is 23.2 Å². The van der Waals surface area contributed by atoms with E-state index in [0.717, 1.165) is 46.8 Å². The van der Waals surface area contributed by atoms with Gasteiger partial charge in [0.05, 0.1) is 37.0 Å². The van der Waals surface area contributed by atoms with Crippen molar-refractivity contribution < 1.29 is 9.47 Å². The van der Waals surface area contributed by atoms with Crippen molar-refractivity contribution >= 4 is 22.7 Å². The highest BCUT2D eigenvalue weighted by Crippen LogP contribution is 2.34. The quantitative estimate of drug-likeness (QED) is 0.281. The van der Waals surface area contributed by atoms with Crippen LogP contribution in [0.15, 0.2) is 93.1 Å². The number of thiazole rings is 1. The molecule has 6 rings (SSSR count). The smallest absolute Gasteiger partial charge is 0.297 e. The van der Waals surface area contributed by atoms with Gasteiger partial charge in [-0.2, -0.15) is 5.10 Å². The van der Waals surface area contributed by atoms with Gasteiger partial charge < -0.3 is 9.47 Å². The third-order valence-electron chi connectivity index (χ3n) is 7.28. The van der Waals surface area contributed by atoms with E-state index in [9.17, 15) is 4.79 Å². The van der Waals surface area contributed by atoms with Crippen LogP contribution in [0.25, 0.3) is 16.9 Å². The number of para-hydroxylation sites is 1. The SMILES string of the molecule is COc1ccc(OC)c(-c2csc(=Nc3c(C)n(C)n(-c4ccccc4)c3=O)n2N=C2CCc3ccccc32)c1. The second-order valence-corrected chi connectivity index (χ2v) is 10.3. The summed E-state index contributed by atoms with van der Waals surface area (Å²) in [5.41, 5.74) is 6.74. The Hall–Kier alpha value is -4.63. The average Bonchev–Trinajstić information content (AvgIpc) is 3.65. The summed E-state index contributed by atoms with van der Waals surface area (Å²) in [4.78, 5) is 19.2. The normalized spacial score (nSPS) is 14.1. The van der Waals surface area contributed by atoms with Gasteiger partial charge in [-0.25, -0.2) is 14.4 Å². The van der Waals surface area contributed by atoms with E-state index in [0.29, 0.717) is 22.0 Å². The highest BCUT2D eigenvalue weighted by atomic mass is 32.1. The Morgan fingerprint density at radius 1 is 0.900 bits per heavy atom. The highest BCUT2D eigenvalue weighted by Gasteiger charge is 2.21. The number of aromatic nitrogens is 3. The lowest BCUT2D eigenvalue weighted by Crippen LogP contribution is -2.20. The molecule has 0 bridgehead atoms. The van der Waals surface area contributed by atoms with Crippen molar-refractivity contribution in [2.75, 3.05) is 14.2 Å². The van der Waals surface area contributed by atoms with E-state index in [1.54, 1.807) is 18.9 Å². The molecule has 0 fully saturated rings. The predicted molar refractivity (Wildman–Crippen MR) is 159 cm³/mol. The van der Waals surface area contributed by atoms with Crippen LogP contribution < -0.4 is 19.8 Å². The van der Waals surface area contributed by atoms with Crippen molar-refractivity contribution in [2.45, 2.75) is 19.8 Å². The standard InChI is InChI=1S/C31H29N5O3S/c1-20-29(30(37)36(34(20)2)22-11-6-5-7-12-22)32-31-35(33-26-16-14-21-10-8-9-13-24(21)26)27(19-40-31)25-18-23(38-3)15-17-28(25)39-4/h5-13,15,17-19H,14,16H2,1-4H3. The lowest BCUT2D eigenvalue weighted by molar-refractivity contribution is 0.404. The molecule has 0 saturated heterocycles. The van der Waals surface area contributed by atoms with Crippen LogP contribution in [0.4, 0.5) is 5.69 Å². The summed E-state index contributed by atoms with van der Waals surface area (Å²) < 4.78 is 16.5. The first-order valence-corrected chi connectivity index (χ1v) is 13.9. The molecule has 8 nitrogen and oxygen atoms in total. The molecule has 40 heavy (non-hydrogen) atoms. The molecule has 0 aliphatic heterocycles. The van der Waals surface area contributed by atoms with E-state index in [4.69, 9.17) is 19.6 Å². The molecule has 0 atom stereocenters. The van der Waals surface area contributed by atoms with Crippen molar-refractivity contribution in [3.63, 3.8) is 0 Å². The predicted octanol–water partition coefficient (Wildman–Crippen LogP) is 5.46. The van der Waals surface area contributed by atoms with Crippen LogP contribution in [-0.2, 0) is 13.5 Å². The minimum absolute atomic E-state index is 0.189. The third kappa shape index (κ3) is 4.38. The Bertz CT molecular complexity index is 1880. The molecule has 1 aliphatic rings. The van der Waals surface area contributed by atoms with Crippen LogP contribution in [0.3, 0.4) is 0 Å². The van der Waals surface area contributed by atoms with Gasteiger partial charge in [0, 0.05) is 23.6 Å². The number of hydrogen-bond donors (Lipinski definition) is 0. The monoisotopic (exact) mass is 551 g/mol. The number of rotatable bonds is 6. The van der Waals surface area contributed by atoms with Crippen LogP contribution in [0, 0.1) is 6.92 Å². The number of nitrogens with zero attached hydrogens (tertiary/aromatic N) is 5. The molecule has 0 unspecified atom stereocenters. The first kappa shape index (κ1) is 25.6. The van der Waals surface area contributed by atoms with E-state index >= 15 is 0 Å². The Morgan fingerprint density at radius 3 is 2.45 bits per heavy atom. The maximum atomic E-state index is 13.7. The largest absolute Gasteiger partial charge is 0.497 e. The second kappa shape index (κ2) is 10.5. The summed E-state index contributed by atoms with van der Waals surface area (Å²) in [5, 5.41) is 7.14. The number of ether oxygens (including phenoxy) is 2. The van der Waals surface area contributed by atoms with Gasteiger partial charge in [-0.3, -0.25) is 9.48 Å². The van der Waals surface area contributed by atoms with Crippen LogP contribution in [-0.4, -0.2) is 34.0 Å². The average molecular weight is 552 g/mol.